The van der Waals surface area contributed by atoms with E-state index in [2.05, 4.69) is 10.3 Å². The molecule has 26 heavy (non-hydrogen) atoms. The van der Waals surface area contributed by atoms with E-state index in [1.165, 1.54) is 17.4 Å². The SMILES string of the molecule is O=C(NC1CCOCC1)C1CCCN(c2nc3c(F)cc(F)cc3s2)C1. The van der Waals surface area contributed by atoms with Crippen LogP contribution in [0.5, 0.6) is 0 Å². The highest BCUT2D eigenvalue weighted by Gasteiger charge is 2.29. The zero-order chi connectivity index (χ0) is 18.1. The molecule has 140 valence electrons. The number of hydrogen-bond acceptors (Lipinski definition) is 5. The molecule has 0 bridgehead atoms. The third-order valence-electron chi connectivity index (χ3n) is 5.03. The molecule has 1 atom stereocenters. The van der Waals surface area contributed by atoms with Crippen molar-refractivity contribution < 1.29 is 18.3 Å². The lowest BCUT2D eigenvalue weighted by Crippen LogP contribution is -2.47. The second kappa shape index (κ2) is 7.44. The van der Waals surface area contributed by atoms with E-state index in [4.69, 9.17) is 4.74 Å². The first-order valence-corrected chi connectivity index (χ1v) is 9.80. The zero-order valence-electron chi connectivity index (χ0n) is 14.3. The summed E-state index contributed by atoms with van der Waals surface area (Å²) in [7, 11) is 0. The maximum atomic E-state index is 13.9. The maximum Gasteiger partial charge on any atom is 0.225 e. The van der Waals surface area contributed by atoms with Crippen molar-refractivity contribution in [3.05, 3.63) is 23.8 Å². The van der Waals surface area contributed by atoms with E-state index in [0.717, 1.165) is 38.3 Å². The van der Waals surface area contributed by atoms with Crippen molar-refractivity contribution in [3.63, 3.8) is 0 Å². The van der Waals surface area contributed by atoms with Crippen LogP contribution in [-0.4, -0.2) is 43.2 Å². The number of nitrogens with zero attached hydrogens (tertiary/aromatic N) is 2. The number of thiazole rings is 1. The fraction of sp³-hybridized carbons (Fsp3) is 0.556. The number of benzene rings is 1. The molecular formula is C18H21F2N3O2S. The number of carbonyl (C=O) groups is 1. The van der Waals surface area contributed by atoms with E-state index >= 15 is 0 Å². The molecule has 3 heterocycles. The Labute approximate surface area is 154 Å². The Morgan fingerprint density at radius 2 is 2.08 bits per heavy atom. The standard InChI is InChI=1S/C18H21F2N3O2S/c19-12-8-14(20)16-15(9-12)26-18(22-16)23-5-1-2-11(10-23)17(24)21-13-3-6-25-7-4-13/h8-9,11,13H,1-7,10H2,(H,21,24). The van der Waals surface area contributed by atoms with Gasteiger partial charge in [0.15, 0.2) is 10.9 Å². The van der Waals surface area contributed by atoms with E-state index in [1.807, 2.05) is 4.90 Å². The number of rotatable bonds is 3. The third-order valence-corrected chi connectivity index (χ3v) is 6.10. The smallest absolute Gasteiger partial charge is 0.225 e. The predicted octanol–water partition coefficient (Wildman–Crippen LogP) is 3.09. The largest absolute Gasteiger partial charge is 0.381 e. The van der Waals surface area contributed by atoms with Crippen LogP contribution in [0.2, 0.25) is 0 Å². The summed E-state index contributed by atoms with van der Waals surface area (Å²) in [5.41, 5.74) is 0.195. The summed E-state index contributed by atoms with van der Waals surface area (Å²) in [6.45, 7) is 2.70. The normalized spacial score (nSPS) is 21.9. The van der Waals surface area contributed by atoms with Crippen LogP contribution in [0.3, 0.4) is 0 Å². The molecule has 0 spiro atoms. The zero-order valence-corrected chi connectivity index (χ0v) is 15.2. The molecular weight excluding hydrogens is 360 g/mol. The molecule has 2 saturated heterocycles. The highest BCUT2D eigenvalue weighted by Crippen LogP contribution is 2.33. The van der Waals surface area contributed by atoms with Gasteiger partial charge in [0, 0.05) is 38.4 Å². The van der Waals surface area contributed by atoms with Crippen LogP contribution >= 0.6 is 11.3 Å². The van der Waals surface area contributed by atoms with Gasteiger partial charge >= 0.3 is 0 Å². The Balaban J connectivity index is 1.46. The minimum Gasteiger partial charge on any atom is -0.381 e. The van der Waals surface area contributed by atoms with Crippen molar-refractivity contribution in [1.29, 1.82) is 0 Å². The van der Waals surface area contributed by atoms with Crippen LogP contribution < -0.4 is 10.2 Å². The fourth-order valence-corrected chi connectivity index (χ4v) is 4.65. The summed E-state index contributed by atoms with van der Waals surface area (Å²) in [6.07, 6.45) is 3.41. The molecule has 2 aromatic rings. The van der Waals surface area contributed by atoms with Gasteiger partial charge in [-0.2, -0.15) is 0 Å². The minimum absolute atomic E-state index is 0.0694. The number of nitrogens with one attached hydrogen (secondary N) is 1. The second-order valence-electron chi connectivity index (χ2n) is 6.91. The average Bonchev–Trinajstić information content (AvgIpc) is 3.07. The van der Waals surface area contributed by atoms with Crippen molar-refractivity contribution in [2.24, 2.45) is 5.92 Å². The number of fused-ring (bicyclic) bond motifs is 1. The lowest BCUT2D eigenvalue weighted by Gasteiger charge is -2.33. The molecule has 4 rings (SSSR count). The molecule has 0 aliphatic carbocycles. The Kier molecular flexibility index (Phi) is 5.04. The van der Waals surface area contributed by atoms with Crippen LogP contribution in [0.15, 0.2) is 12.1 Å². The van der Waals surface area contributed by atoms with Gasteiger partial charge in [-0.05, 0) is 31.7 Å². The summed E-state index contributed by atoms with van der Waals surface area (Å²) in [6, 6.07) is 2.34. The van der Waals surface area contributed by atoms with Gasteiger partial charge in [-0.1, -0.05) is 11.3 Å². The highest BCUT2D eigenvalue weighted by molar-refractivity contribution is 7.22. The fourth-order valence-electron chi connectivity index (χ4n) is 3.61. The Morgan fingerprint density at radius 1 is 1.27 bits per heavy atom. The summed E-state index contributed by atoms with van der Waals surface area (Å²) in [5.74, 6) is -1.29. The van der Waals surface area contributed by atoms with Crippen molar-refractivity contribution in [3.8, 4) is 0 Å². The van der Waals surface area contributed by atoms with E-state index in [1.54, 1.807) is 0 Å². The number of ether oxygens (including phenoxy) is 1. The summed E-state index contributed by atoms with van der Waals surface area (Å²) < 4.78 is 33.1. The first kappa shape index (κ1) is 17.6. The van der Waals surface area contributed by atoms with Crippen molar-refractivity contribution in [1.82, 2.24) is 10.3 Å². The Bertz CT molecular complexity index is 807. The molecule has 0 saturated carbocycles. The minimum atomic E-state index is -0.645. The molecule has 1 aromatic carbocycles. The summed E-state index contributed by atoms with van der Waals surface area (Å²) >= 11 is 1.27. The van der Waals surface area contributed by atoms with Gasteiger partial charge in [0.05, 0.1) is 10.6 Å². The van der Waals surface area contributed by atoms with Gasteiger partial charge in [0.1, 0.15) is 11.3 Å². The third kappa shape index (κ3) is 3.66. The number of halogens is 2. The van der Waals surface area contributed by atoms with E-state index in [0.29, 0.717) is 29.6 Å². The maximum absolute atomic E-state index is 13.9. The topological polar surface area (TPSA) is 54.5 Å². The molecule has 2 aliphatic heterocycles. The Hall–Kier alpha value is -1.80. The monoisotopic (exact) mass is 381 g/mol. The van der Waals surface area contributed by atoms with Gasteiger partial charge in [-0.3, -0.25) is 4.79 Å². The van der Waals surface area contributed by atoms with Crippen LogP contribution in [0.4, 0.5) is 13.9 Å². The van der Waals surface area contributed by atoms with Gasteiger partial charge in [-0.25, -0.2) is 13.8 Å². The molecule has 1 amide bonds. The van der Waals surface area contributed by atoms with Gasteiger partial charge in [0.2, 0.25) is 5.91 Å². The molecule has 2 aliphatic rings. The van der Waals surface area contributed by atoms with Crippen LogP contribution in [0.25, 0.3) is 10.2 Å². The van der Waals surface area contributed by atoms with E-state index in [-0.39, 0.29) is 23.4 Å². The number of carbonyl (C=O) groups excluding carboxylic acids is 1. The number of amides is 1. The lowest BCUT2D eigenvalue weighted by atomic mass is 9.96. The lowest BCUT2D eigenvalue weighted by molar-refractivity contribution is -0.126. The van der Waals surface area contributed by atoms with Crippen LogP contribution in [0, 0.1) is 17.6 Å². The highest BCUT2D eigenvalue weighted by atomic mass is 32.1. The molecule has 1 N–H and O–H groups in total. The summed E-state index contributed by atoms with van der Waals surface area (Å²) in [4.78, 5) is 19.0. The molecule has 1 aromatic heterocycles. The van der Waals surface area contributed by atoms with Crippen molar-refractivity contribution >= 4 is 32.6 Å². The predicted molar refractivity (Wildman–Crippen MR) is 96.5 cm³/mol. The van der Waals surface area contributed by atoms with Crippen molar-refractivity contribution in [2.45, 2.75) is 31.7 Å². The van der Waals surface area contributed by atoms with Crippen molar-refractivity contribution in [2.75, 3.05) is 31.2 Å². The van der Waals surface area contributed by atoms with Crippen LogP contribution in [-0.2, 0) is 9.53 Å². The summed E-state index contributed by atoms with van der Waals surface area (Å²) in [5, 5.41) is 3.78. The number of aromatic nitrogens is 1. The van der Waals surface area contributed by atoms with Crippen LogP contribution in [0.1, 0.15) is 25.7 Å². The molecule has 0 radical (unpaired) electrons. The second-order valence-corrected chi connectivity index (χ2v) is 7.92. The van der Waals surface area contributed by atoms with E-state index < -0.39 is 11.6 Å². The first-order valence-electron chi connectivity index (χ1n) is 8.99. The van der Waals surface area contributed by atoms with Gasteiger partial charge in [-0.15, -0.1) is 0 Å². The first-order chi connectivity index (χ1) is 12.6. The molecule has 8 heteroatoms. The number of anilines is 1. The number of hydrogen-bond donors (Lipinski definition) is 1. The van der Waals surface area contributed by atoms with E-state index in [9.17, 15) is 13.6 Å². The molecule has 1 unspecified atom stereocenters. The Morgan fingerprint density at radius 3 is 2.88 bits per heavy atom. The average molecular weight is 381 g/mol. The molecule has 5 nitrogen and oxygen atoms in total. The van der Waals surface area contributed by atoms with Gasteiger partial charge < -0.3 is 15.0 Å². The molecule has 2 fully saturated rings. The number of piperidine rings is 1. The van der Waals surface area contributed by atoms with Gasteiger partial charge in [0.25, 0.3) is 0 Å². The quantitative estimate of drug-likeness (QED) is 0.888.